The monoisotopic (exact) mass is 414 g/mol. The van der Waals surface area contributed by atoms with Crippen molar-refractivity contribution in [1.29, 1.82) is 5.26 Å². The highest BCUT2D eigenvalue weighted by atomic mass is 79.9. The van der Waals surface area contributed by atoms with Gasteiger partial charge in [-0.25, -0.2) is 0 Å². The third kappa shape index (κ3) is 4.30. The molecular formula is C19H12BrClN2O2. The molecule has 0 bridgehead atoms. The van der Waals surface area contributed by atoms with Crippen LogP contribution in [-0.4, -0.2) is 6.21 Å². The molecule has 0 unspecified atom stereocenters. The fourth-order valence-electron chi connectivity index (χ4n) is 2.18. The quantitative estimate of drug-likeness (QED) is 0.392. The number of rotatable bonds is 5. The number of hydrogen-bond acceptors (Lipinski definition) is 4. The van der Waals surface area contributed by atoms with Crippen molar-refractivity contribution in [3.8, 4) is 17.4 Å². The lowest BCUT2D eigenvalue weighted by Gasteiger charge is -2.01. The molecule has 0 saturated carbocycles. The van der Waals surface area contributed by atoms with E-state index in [0.717, 1.165) is 15.6 Å². The molecule has 124 valence electrons. The van der Waals surface area contributed by atoms with Gasteiger partial charge < -0.3 is 9.25 Å². The zero-order chi connectivity index (χ0) is 17.6. The second-order valence-corrected chi connectivity index (χ2v) is 6.37. The van der Waals surface area contributed by atoms with Crippen molar-refractivity contribution in [1.82, 2.24) is 0 Å². The second-order valence-electron chi connectivity index (χ2n) is 5.11. The summed E-state index contributed by atoms with van der Waals surface area (Å²) in [5.41, 5.74) is 2.23. The van der Waals surface area contributed by atoms with Gasteiger partial charge in [0.2, 0.25) is 0 Å². The third-order valence-corrected chi connectivity index (χ3v) is 4.68. The zero-order valence-corrected chi connectivity index (χ0v) is 15.3. The Balaban J connectivity index is 1.64. The Labute approximate surface area is 158 Å². The molecule has 1 heterocycles. The molecule has 0 spiro atoms. The lowest BCUT2D eigenvalue weighted by Crippen LogP contribution is -1.91. The summed E-state index contributed by atoms with van der Waals surface area (Å²) in [6.45, 7) is 0.218. The predicted molar refractivity (Wildman–Crippen MR) is 100 cm³/mol. The van der Waals surface area contributed by atoms with E-state index in [1.807, 2.05) is 42.5 Å². The predicted octanol–water partition coefficient (Wildman–Crippen LogP) is 5.78. The highest BCUT2D eigenvalue weighted by molar-refractivity contribution is 9.10. The molecule has 2 aromatic carbocycles. The molecule has 25 heavy (non-hydrogen) atoms. The van der Waals surface area contributed by atoms with Crippen molar-refractivity contribution in [3.63, 3.8) is 0 Å². The first-order valence-corrected chi connectivity index (χ1v) is 8.53. The Morgan fingerprint density at radius 1 is 1.20 bits per heavy atom. The van der Waals surface area contributed by atoms with Crippen LogP contribution >= 0.6 is 27.5 Å². The molecule has 0 fully saturated rings. The van der Waals surface area contributed by atoms with Crippen LogP contribution in [0.5, 0.6) is 0 Å². The minimum Gasteiger partial charge on any atom is -0.455 e. The molecule has 0 saturated heterocycles. The largest absolute Gasteiger partial charge is 0.455 e. The van der Waals surface area contributed by atoms with Gasteiger partial charge in [0.25, 0.3) is 0 Å². The number of halogens is 2. The number of hydrogen-bond donors (Lipinski definition) is 0. The van der Waals surface area contributed by atoms with E-state index in [9.17, 15) is 0 Å². The van der Waals surface area contributed by atoms with Crippen molar-refractivity contribution in [2.75, 3.05) is 0 Å². The van der Waals surface area contributed by atoms with E-state index in [1.165, 1.54) is 6.21 Å². The average molecular weight is 416 g/mol. The Morgan fingerprint density at radius 3 is 2.84 bits per heavy atom. The number of oxime groups is 1. The molecule has 0 aliphatic heterocycles. The maximum atomic E-state index is 9.03. The van der Waals surface area contributed by atoms with E-state index in [4.69, 9.17) is 26.1 Å². The first-order chi connectivity index (χ1) is 12.2. The Morgan fingerprint density at radius 2 is 2.04 bits per heavy atom. The smallest absolute Gasteiger partial charge is 0.149 e. The fraction of sp³-hybridized carbons (Fsp3) is 0.0526. The van der Waals surface area contributed by atoms with Crippen molar-refractivity contribution in [2.24, 2.45) is 5.16 Å². The van der Waals surface area contributed by atoms with E-state index in [-0.39, 0.29) is 6.61 Å². The SMILES string of the molecule is N#Cc1ccccc1CO/N=C\c1ccc(-c2ccc(Br)c(Cl)c2)o1. The molecule has 1 aromatic heterocycles. The summed E-state index contributed by atoms with van der Waals surface area (Å²) in [7, 11) is 0. The van der Waals surface area contributed by atoms with E-state index < -0.39 is 0 Å². The topological polar surface area (TPSA) is 58.5 Å². The van der Waals surface area contributed by atoms with E-state index >= 15 is 0 Å². The lowest BCUT2D eigenvalue weighted by molar-refractivity contribution is 0.131. The van der Waals surface area contributed by atoms with Gasteiger partial charge in [-0.1, -0.05) is 41.0 Å². The summed E-state index contributed by atoms with van der Waals surface area (Å²) in [6, 6.07) is 18.6. The number of nitrogens with zero attached hydrogens (tertiary/aromatic N) is 2. The van der Waals surface area contributed by atoms with Gasteiger partial charge in [0.15, 0.2) is 0 Å². The van der Waals surface area contributed by atoms with Crippen LogP contribution in [0.15, 0.2) is 68.6 Å². The summed E-state index contributed by atoms with van der Waals surface area (Å²) in [6.07, 6.45) is 1.49. The Bertz CT molecular complexity index is 960. The normalized spacial score (nSPS) is 10.8. The van der Waals surface area contributed by atoms with Gasteiger partial charge in [-0.15, -0.1) is 0 Å². The minimum absolute atomic E-state index is 0.218. The third-order valence-electron chi connectivity index (χ3n) is 3.44. The molecule has 0 aliphatic carbocycles. The second kappa shape index (κ2) is 8.02. The van der Waals surface area contributed by atoms with Crippen LogP contribution < -0.4 is 0 Å². The maximum Gasteiger partial charge on any atom is 0.149 e. The van der Waals surface area contributed by atoms with Gasteiger partial charge in [-0.05, 0) is 46.3 Å². The van der Waals surface area contributed by atoms with Crippen LogP contribution in [0.25, 0.3) is 11.3 Å². The van der Waals surface area contributed by atoms with Crippen molar-refractivity contribution < 1.29 is 9.25 Å². The average Bonchev–Trinajstić information content (AvgIpc) is 3.10. The minimum atomic E-state index is 0.218. The van der Waals surface area contributed by atoms with Crippen molar-refractivity contribution >= 4 is 33.7 Å². The van der Waals surface area contributed by atoms with E-state index in [0.29, 0.717) is 22.1 Å². The molecule has 0 N–H and O–H groups in total. The maximum absolute atomic E-state index is 9.03. The molecule has 0 aliphatic rings. The molecule has 0 atom stereocenters. The number of furan rings is 1. The fourth-order valence-corrected chi connectivity index (χ4v) is 2.61. The van der Waals surface area contributed by atoms with E-state index in [1.54, 1.807) is 12.1 Å². The van der Waals surface area contributed by atoms with Crippen LogP contribution in [0.2, 0.25) is 5.02 Å². The van der Waals surface area contributed by atoms with Crippen LogP contribution in [0, 0.1) is 11.3 Å². The Hall–Kier alpha value is -2.55. The van der Waals surface area contributed by atoms with Gasteiger partial charge in [0, 0.05) is 15.6 Å². The van der Waals surface area contributed by atoms with E-state index in [2.05, 4.69) is 27.2 Å². The molecule has 3 aromatic rings. The van der Waals surface area contributed by atoms with Gasteiger partial charge in [-0.3, -0.25) is 0 Å². The molecule has 3 rings (SSSR count). The molecule has 0 radical (unpaired) electrons. The first-order valence-electron chi connectivity index (χ1n) is 7.36. The van der Waals surface area contributed by atoms with Crippen LogP contribution in [0.4, 0.5) is 0 Å². The summed E-state index contributed by atoms with van der Waals surface area (Å²) in [5, 5.41) is 13.5. The summed E-state index contributed by atoms with van der Waals surface area (Å²) in [5.74, 6) is 1.24. The summed E-state index contributed by atoms with van der Waals surface area (Å²) in [4.78, 5) is 5.25. The van der Waals surface area contributed by atoms with Gasteiger partial charge in [-0.2, -0.15) is 5.26 Å². The van der Waals surface area contributed by atoms with Crippen molar-refractivity contribution in [3.05, 3.63) is 81.0 Å². The first kappa shape index (κ1) is 17.3. The number of benzene rings is 2. The highest BCUT2D eigenvalue weighted by Gasteiger charge is 2.06. The summed E-state index contributed by atoms with van der Waals surface area (Å²) >= 11 is 9.46. The zero-order valence-electron chi connectivity index (χ0n) is 12.9. The molecule has 0 amide bonds. The lowest BCUT2D eigenvalue weighted by atomic mass is 10.1. The Kier molecular flexibility index (Phi) is 5.54. The molecular weight excluding hydrogens is 404 g/mol. The molecule has 6 heteroatoms. The number of nitriles is 1. The highest BCUT2D eigenvalue weighted by Crippen LogP contribution is 2.29. The van der Waals surface area contributed by atoms with Gasteiger partial charge in [0.05, 0.1) is 16.7 Å². The van der Waals surface area contributed by atoms with Crippen LogP contribution in [0.1, 0.15) is 16.9 Å². The van der Waals surface area contributed by atoms with Crippen molar-refractivity contribution in [2.45, 2.75) is 6.61 Å². The molecule has 4 nitrogen and oxygen atoms in total. The standard InChI is InChI=1S/C19H12BrClN2O2/c20-17-7-5-13(9-18(17)21)19-8-6-16(25-19)11-23-24-12-15-4-2-1-3-14(15)10-22/h1-9,11H,12H2/b23-11-. The van der Waals surface area contributed by atoms with Crippen LogP contribution in [-0.2, 0) is 11.4 Å². The van der Waals surface area contributed by atoms with Gasteiger partial charge in [0.1, 0.15) is 24.3 Å². The van der Waals surface area contributed by atoms with Crippen LogP contribution in [0.3, 0.4) is 0 Å². The van der Waals surface area contributed by atoms with Gasteiger partial charge >= 0.3 is 0 Å². The summed E-state index contributed by atoms with van der Waals surface area (Å²) < 4.78 is 6.54.